The highest BCUT2D eigenvalue weighted by Gasteiger charge is 2.10. The van der Waals surface area contributed by atoms with Gasteiger partial charge in [-0.1, -0.05) is 60.7 Å². The molecule has 0 saturated carbocycles. The zero-order valence-corrected chi connectivity index (χ0v) is 9.48. The molecule has 17 heavy (non-hydrogen) atoms. The van der Waals surface area contributed by atoms with Crippen LogP contribution in [0.15, 0.2) is 54.6 Å². The summed E-state index contributed by atoms with van der Waals surface area (Å²) in [7, 11) is 0. The summed E-state index contributed by atoms with van der Waals surface area (Å²) in [5, 5.41) is 5.45. The van der Waals surface area contributed by atoms with Crippen LogP contribution in [-0.4, -0.2) is 0 Å². The summed E-state index contributed by atoms with van der Waals surface area (Å²) >= 11 is 0. The van der Waals surface area contributed by atoms with Crippen LogP contribution in [0, 0.1) is 0 Å². The van der Waals surface area contributed by atoms with Gasteiger partial charge in [0, 0.05) is 0 Å². The molecule has 3 aromatic carbocycles. The fourth-order valence-electron chi connectivity index (χ4n) is 2.84. The minimum Gasteiger partial charge on any atom is -0.0795 e. The molecular weight excluding hydrogens is 204 g/mol. The third kappa shape index (κ3) is 1.18. The van der Waals surface area contributed by atoms with Gasteiger partial charge in [-0.3, -0.25) is 0 Å². The first kappa shape index (κ1) is 9.00. The molecule has 0 radical (unpaired) electrons. The van der Waals surface area contributed by atoms with Crippen LogP contribution in [0.2, 0.25) is 0 Å². The fourth-order valence-corrected chi connectivity index (χ4v) is 2.84. The molecule has 0 spiro atoms. The molecule has 0 amide bonds. The SMILES string of the molecule is C1=Cc2c(ccc3ccc4ccccc4c23)C1. The molecule has 1 aliphatic rings. The Balaban J connectivity index is 2.31. The van der Waals surface area contributed by atoms with Crippen LogP contribution in [-0.2, 0) is 6.42 Å². The van der Waals surface area contributed by atoms with Gasteiger partial charge in [0.15, 0.2) is 0 Å². The monoisotopic (exact) mass is 216 g/mol. The van der Waals surface area contributed by atoms with Gasteiger partial charge in [0.05, 0.1) is 0 Å². The maximum Gasteiger partial charge on any atom is -0.00301 e. The van der Waals surface area contributed by atoms with Gasteiger partial charge in [-0.05, 0) is 39.1 Å². The summed E-state index contributed by atoms with van der Waals surface area (Å²) in [6.07, 6.45) is 5.60. The average Bonchev–Trinajstić information content (AvgIpc) is 2.86. The van der Waals surface area contributed by atoms with E-state index < -0.39 is 0 Å². The van der Waals surface area contributed by atoms with Crippen LogP contribution in [0.4, 0.5) is 0 Å². The Morgan fingerprint density at radius 3 is 2.59 bits per heavy atom. The summed E-state index contributed by atoms with van der Waals surface area (Å²) in [6, 6.07) is 17.6. The van der Waals surface area contributed by atoms with Crippen LogP contribution in [0.25, 0.3) is 27.6 Å². The molecule has 0 heterocycles. The maximum absolute atomic E-state index is 2.27. The molecule has 0 unspecified atom stereocenters. The van der Waals surface area contributed by atoms with Crippen molar-refractivity contribution in [3.05, 3.63) is 65.7 Å². The Morgan fingerprint density at radius 2 is 1.59 bits per heavy atom. The molecule has 0 atom stereocenters. The zero-order chi connectivity index (χ0) is 11.2. The van der Waals surface area contributed by atoms with Crippen molar-refractivity contribution >= 4 is 27.6 Å². The Bertz CT molecular complexity index is 763. The summed E-state index contributed by atoms with van der Waals surface area (Å²) in [5.74, 6) is 0. The molecule has 80 valence electrons. The van der Waals surface area contributed by atoms with E-state index in [1.807, 2.05) is 0 Å². The van der Waals surface area contributed by atoms with Gasteiger partial charge >= 0.3 is 0 Å². The Morgan fingerprint density at radius 1 is 0.765 bits per heavy atom. The van der Waals surface area contributed by atoms with E-state index in [4.69, 9.17) is 0 Å². The Labute approximate surface area is 100 Å². The maximum atomic E-state index is 2.27. The summed E-state index contributed by atoms with van der Waals surface area (Å²) < 4.78 is 0. The highest BCUT2D eigenvalue weighted by molar-refractivity contribution is 6.12. The van der Waals surface area contributed by atoms with Crippen molar-refractivity contribution in [2.24, 2.45) is 0 Å². The minimum absolute atomic E-state index is 1.08. The van der Waals surface area contributed by atoms with Crippen molar-refractivity contribution in [1.29, 1.82) is 0 Å². The van der Waals surface area contributed by atoms with E-state index in [1.54, 1.807) is 0 Å². The van der Waals surface area contributed by atoms with E-state index in [1.165, 1.54) is 32.7 Å². The molecule has 3 aromatic rings. The third-order valence-corrected chi connectivity index (χ3v) is 3.66. The largest absolute Gasteiger partial charge is 0.0795 e. The summed E-state index contributed by atoms with van der Waals surface area (Å²) in [5.41, 5.74) is 2.87. The molecule has 0 bridgehead atoms. The van der Waals surface area contributed by atoms with Crippen molar-refractivity contribution < 1.29 is 0 Å². The normalized spacial score (nSPS) is 13.4. The van der Waals surface area contributed by atoms with Crippen LogP contribution in [0.3, 0.4) is 0 Å². The Hall–Kier alpha value is -2.08. The first-order valence-corrected chi connectivity index (χ1v) is 6.03. The predicted molar refractivity (Wildman–Crippen MR) is 74.2 cm³/mol. The molecule has 0 nitrogen and oxygen atoms in total. The second-order valence-electron chi connectivity index (χ2n) is 4.63. The second-order valence-corrected chi connectivity index (χ2v) is 4.63. The highest BCUT2D eigenvalue weighted by Crippen LogP contribution is 2.33. The predicted octanol–water partition coefficient (Wildman–Crippen LogP) is 4.56. The fraction of sp³-hybridized carbons (Fsp3) is 0.0588. The molecule has 0 N–H and O–H groups in total. The zero-order valence-electron chi connectivity index (χ0n) is 9.48. The van der Waals surface area contributed by atoms with Crippen LogP contribution in [0.1, 0.15) is 11.1 Å². The first-order chi connectivity index (χ1) is 8.43. The lowest BCUT2D eigenvalue weighted by molar-refractivity contribution is 1.32. The standard InChI is InChI=1S/C17H12/c1-2-6-15-12(4-1)8-10-14-11-9-13-5-3-7-16(13)17(14)15/h1-4,6-11H,5H2. The van der Waals surface area contributed by atoms with Gasteiger partial charge in [-0.15, -0.1) is 0 Å². The van der Waals surface area contributed by atoms with Gasteiger partial charge in [0.2, 0.25) is 0 Å². The number of hydrogen-bond acceptors (Lipinski definition) is 0. The van der Waals surface area contributed by atoms with Crippen LogP contribution < -0.4 is 0 Å². The minimum atomic E-state index is 1.08. The van der Waals surface area contributed by atoms with Gasteiger partial charge in [0.25, 0.3) is 0 Å². The van der Waals surface area contributed by atoms with E-state index in [0.29, 0.717) is 0 Å². The first-order valence-electron chi connectivity index (χ1n) is 6.03. The summed E-state index contributed by atoms with van der Waals surface area (Å²) in [4.78, 5) is 0. The van der Waals surface area contributed by atoms with Crippen LogP contribution in [0.5, 0.6) is 0 Å². The molecule has 4 rings (SSSR count). The van der Waals surface area contributed by atoms with Gasteiger partial charge in [0.1, 0.15) is 0 Å². The number of benzene rings is 3. The Kier molecular flexibility index (Phi) is 1.70. The van der Waals surface area contributed by atoms with Crippen molar-refractivity contribution in [2.45, 2.75) is 6.42 Å². The molecular formula is C17H12. The lowest BCUT2D eigenvalue weighted by atomic mass is 9.96. The topological polar surface area (TPSA) is 0 Å². The molecule has 0 heteroatoms. The molecule has 0 fully saturated rings. The molecule has 0 saturated heterocycles. The quantitative estimate of drug-likeness (QED) is 0.483. The van der Waals surface area contributed by atoms with Crippen molar-refractivity contribution in [3.63, 3.8) is 0 Å². The van der Waals surface area contributed by atoms with E-state index in [-0.39, 0.29) is 0 Å². The average molecular weight is 216 g/mol. The lowest BCUT2D eigenvalue weighted by Crippen LogP contribution is -1.85. The molecule has 0 aromatic heterocycles. The highest BCUT2D eigenvalue weighted by atomic mass is 14.1. The van der Waals surface area contributed by atoms with E-state index in [0.717, 1.165) is 6.42 Å². The molecule has 0 aliphatic heterocycles. The van der Waals surface area contributed by atoms with Gasteiger partial charge in [-0.2, -0.15) is 0 Å². The smallest absolute Gasteiger partial charge is 0.00301 e. The van der Waals surface area contributed by atoms with Gasteiger partial charge < -0.3 is 0 Å². The summed E-state index contributed by atoms with van der Waals surface area (Å²) in [6.45, 7) is 0. The number of hydrogen-bond donors (Lipinski definition) is 0. The molecule has 1 aliphatic carbocycles. The van der Waals surface area contributed by atoms with Crippen molar-refractivity contribution in [1.82, 2.24) is 0 Å². The lowest BCUT2D eigenvalue weighted by Gasteiger charge is -2.08. The van der Waals surface area contributed by atoms with E-state index in [2.05, 4.69) is 60.7 Å². The van der Waals surface area contributed by atoms with Crippen molar-refractivity contribution in [2.75, 3.05) is 0 Å². The van der Waals surface area contributed by atoms with E-state index in [9.17, 15) is 0 Å². The van der Waals surface area contributed by atoms with Crippen LogP contribution >= 0.6 is 0 Å². The number of rotatable bonds is 0. The third-order valence-electron chi connectivity index (χ3n) is 3.66. The van der Waals surface area contributed by atoms with Gasteiger partial charge in [-0.25, -0.2) is 0 Å². The second kappa shape index (κ2) is 3.21. The van der Waals surface area contributed by atoms with Crippen molar-refractivity contribution in [3.8, 4) is 0 Å². The number of fused-ring (bicyclic) bond motifs is 5. The van der Waals surface area contributed by atoms with E-state index >= 15 is 0 Å². The number of allylic oxidation sites excluding steroid dienone is 1.